The van der Waals surface area contributed by atoms with Crippen LogP contribution in [0.15, 0.2) is 48.5 Å². The maximum absolute atomic E-state index is 12.3. The number of amides is 1. The van der Waals surface area contributed by atoms with Gasteiger partial charge in [-0.2, -0.15) is 0 Å². The van der Waals surface area contributed by atoms with E-state index in [4.69, 9.17) is 4.74 Å². The fourth-order valence-electron chi connectivity index (χ4n) is 2.40. The Morgan fingerprint density at radius 2 is 1.81 bits per heavy atom. The molecule has 0 radical (unpaired) electrons. The molecule has 0 aromatic heterocycles. The van der Waals surface area contributed by atoms with E-state index in [1.807, 2.05) is 24.3 Å². The minimum absolute atomic E-state index is 0.316. The molecule has 2 aromatic rings. The molecule has 0 spiro atoms. The second-order valence-corrected chi connectivity index (χ2v) is 7.82. The highest BCUT2D eigenvalue weighted by atomic mass is 32.2. The molecule has 0 saturated heterocycles. The number of sulfonamides is 1. The van der Waals surface area contributed by atoms with Gasteiger partial charge < -0.3 is 10.1 Å². The van der Waals surface area contributed by atoms with E-state index in [0.717, 1.165) is 6.42 Å². The average molecular weight is 376 g/mol. The van der Waals surface area contributed by atoms with Crippen molar-refractivity contribution in [3.8, 4) is 5.75 Å². The van der Waals surface area contributed by atoms with E-state index in [0.29, 0.717) is 17.1 Å². The van der Waals surface area contributed by atoms with Crippen molar-refractivity contribution in [2.24, 2.45) is 5.92 Å². The number of carbonyl (C=O) groups is 1. The monoisotopic (exact) mass is 376 g/mol. The zero-order chi connectivity index (χ0) is 19.2. The Balaban J connectivity index is 1.97. The first-order valence-corrected chi connectivity index (χ1v) is 10.0. The number of hydrogen-bond acceptors (Lipinski definition) is 4. The fraction of sp³-hybridized carbons (Fsp3) is 0.316. The van der Waals surface area contributed by atoms with Crippen LogP contribution in [-0.2, 0) is 21.2 Å². The lowest BCUT2D eigenvalue weighted by Gasteiger charge is -2.14. The largest absolute Gasteiger partial charge is 0.497 e. The summed E-state index contributed by atoms with van der Waals surface area (Å²) in [4.78, 5) is 12.3. The molecule has 26 heavy (non-hydrogen) atoms. The van der Waals surface area contributed by atoms with Crippen molar-refractivity contribution in [2.45, 2.75) is 20.3 Å². The first kappa shape index (κ1) is 19.8. The molecule has 0 aliphatic rings. The zero-order valence-electron chi connectivity index (χ0n) is 15.2. The van der Waals surface area contributed by atoms with Crippen LogP contribution in [0.4, 0.5) is 11.4 Å². The Bertz CT molecular complexity index is 848. The van der Waals surface area contributed by atoms with E-state index in [-0.39, 0.29) is 11.7 Å². The summed E-state index contributed by atoms with van der Waals surface area (Å²) >= 11 is 0. The number of aryl methyl sites for hydroxylation is 1. The molecule has 0 aliphatic heterocycles. The molecule has 2 rings (SSSR count). The maximum Gasteiger partial charge on any atom is 0.233 e. The molecule has 0 fully saturated rings. The topological polar surface area (TPSA) is 84.5 Å². The number of benzene rings is 2. The minimum Gasteiger partial charge on any atom is -0.497 e. The van der Waals surface area contributed by atoms with Crippen molar-refractivity contribution in [3.63, 3.8) is 0 Å². The standard InChI is InChI=1S/C19H24N2O4S/c1-4-15-8-10-16(11-9-15)20-19(22)14(2)13-26(23,24)21-17-6-5-7-18(12-17)25-3/h5-12,14,21H,4,13H2,1-3H3,(H,20,22). The average Bonchev–Trinajstić information content (AvgIpc) is 2.61. The quantitative estimate of drug-likeness (QED) is 0.740. The molecule has 1 amide bonds. The lowest BCUT2D eigenvalue weighted by atomic mass is 10.1. The van der Waals surface area contributed by atoms with Crippen LogP contribution in [0.1, 0.15) is 19.4 Å². The summed E-state index contributed by atoms with van der Waals surface area (Å²) < 4.78 is 32.2. The van der Waals surface area contributed by atoms with Crippen molar-refractivity contribution >= 4 is 27.3 Å². The molecule has 0 saturated carbocycles. The number of hydrogen-bond donors (Lipinski definition) is 2. The van der Waals surface area contributed by atoms with Crippen LogP contribution < -0.4 is 14.8 Å². The van der Waals surface area contributed by atoms with Gasteiger partial charge in [-0.1, -0.05) is 32.0 Å². The van der Waals surface area contributed by atoms with Crippen LogP contribution in [0.25, 0.3) is 0 Å². The van der Waals surface area contributed by atoms with Gasteiger partial charge in [-0.25, -0.2) is 8.42 Å². The van der Waals surface area contributed by atoms with Crippen LogP contribution >= 0.6 is 0 Å². The molecule has 6 nitrogen and oxygen atoms in total. The van der Waals surface area contributed by atoms with Gasteiger partial charge in [-0.15, -0.1) is 0 Å². The van der Waals surface area contributed by atoms with E-state index < -0.39 is 15.9 Å². The molecule has 0 bridgehead atoms. The van der Waals surface area contributed by atoms with Gasteiger partial charge in [0, 0.05) is 11.8 Å². The number of ether oxygens (including phenoxy) is 1. The number of nitrogens with one attached hydrogen (secondary N) is 2. The van der Waals surface area contributed by atoms with Crippen LogP contribution in [0, 0.1) is 5.92 Å². The molecule has 140 valence electrons. The molecule has 2 aromatic carbocycles. The Hall–Kier alpha value is -2.54. The molecule has 0 heterocycles. The van der Waals surface area contributed by atoms with Crippen molar-refractivity contribution < 1.29 is 17.9 Å². The number of rotatable bonds is 8. The normalized spacial score (nSPS) is 12.3. The van der Waals surface area contributed by atoms with E-state index >= 15 is 0 Å². The zero-order valence-corrected chi connectivity index (χ0v) is 16.0. The first-order chi connectivity index (χ1) is 12.3. The van der Waals surface area contributed by atoms with Crippen LogP contribution in [0.3, 0.4) is 0 Å². The second-order valence-electron chi connectivity index (χ2n) is 6.06. The van der Waals surface area contributed by atoms with Gasteiger partial charge in [0.05, 0.1) is 24.5 Å². The van der Waals surface area contributed by atoms with Crippen molar-refractivity contribution in [1.82, 2.24) is 0 Å². The molecule has 0 aliphatic carbocycles. The van der Waals surface area contributed by atoms with Gasteiger partial charge in [0.1, 0.15) is 5.75 Å². The molecular weight excluding hydrogens is 352 g/mol. The summed E-state index contributed by atoms with van der Waals surface area (Å²) in [5, 5.41) is 2.75. The fourth-order valence-corrected chi connectivity index (χ4v) is 3.78. The maximum atomic E-state index is 12.3. The summed E-state index contributed by atoms with van der Waals surface area (Å²) in [6, 6.07) is 14.1. The summed E-state index contributed by atoms with van der Waals surface area (Å²) in [6.07, 6.45) is 0.915. The molecule has 1 atom stereocenters. The third-order valence-electron chi connectivity index (χ3n) is 3.89. The predicted molar refractivity (Wildman–Crippen MR) is 104 cm³/mol. The highest BCUT2D eigenvalue weighted by molar-refractivity contribution is 7.92. The highest BCUT2D eigenvalue weighted by Crippen LogP contribution is 2.19. The molecule has 2 N–H and O–H groups in total. The molecular formula is C19H24N2O4S. The summed E-state index contributed by atoms with van der Waals surface area (Å²) in [5.41, 5.74) is 2.21. The van der Waals surface area contributed by atoms with Gasteiger partial charge in [-0.05, 0) is 36.2 Å². The van der Waals surface area contributed by atoms with Crippen molar-refractivity contribution in [3.05, 3.63) is 54.1 Å². The number of carbonyl (C=O) groups excluding carboxylic acids is 1. The van der Waals surface area contributed by atoms with E-state index in [1.165, 1.54) is 12.7 Å². The lowest BCUT2D eigenvalue weighted by molar-refractivity contribution is -0.118. The van der Waals surface area contributed by atoms with Crippen molar-refractivity contribution in [1.29, 1.82) is 0 Å². The second kappa shape index (κ2) is 8.71. The van der Waals surface area contributed by atoms with Gasteiger partial charge in [0.15, 0.2) is 0 Å². The minimum atomic E-state index is -3.67. The molecule has 1 unspecified atom stereocenters. The summed E-state index contributed by atoms with van der Waals surface area (Å²) in [6.45, 7) is 3.64. The SMILES string of the molecule is CCc1ccc(NC(=O)C(C)CS(=O)(=O)Nc2cccc(OC)c2)cc1. The van der Waals surface area contributed by atoms with Crippen LogP contribution in [0.5, 0.6) is 5.75 Å². The smallest absolute Gasteiger partial charge is 0.233 e. The van der Waals surface area contributed by atoms with Gasteiger partial charge in [-0.3, -0.25) is 9.52 Å². The van der Waals surface area contributed by atoms with E-state index in [1.54, 1.807) is 31.2 Å². The Kier molecular flexibility index (Phi) is 6.63. The summed E-state index contributed by atoms with van der Waals surface area (Å²) in [7, 11) is -2.17. The Morgan fingerprint density at radius 1 is 1.12 bits per heavy atom. The van der Waals surface area contributed by atoms with E-state index in [9.17, 15) is 13.2 Å². The van der Waals surface area contributed by atoms with Crippen molar-refractivity contribution in [2.75, 3.05) is 22.9 Å². The van der Waals surface area contributed by atoms with E-state index in [2.05, 4.69) is 17.0 Å². The molecule has 7 heteroatoms. The number of anilines is 2. The highest BCUT2D eigenvalue weighted by Gasteiger charge is 2.22. The lowest BCUT2D eigenvalue weighted by Crippen LogP contribution is -2.29. The van der Waals surface area contributed by atoms with Crippen LogP contribution in [0.2, 0.25) is 0 Å². The van der Waals surface area contributed by atoms with Gasteiger partial charge >= 0.3 is 0 Å². The van der Waals surface area contributed by atoms with Gasteiger partial charge in [0.25, 0.3) is 0 Å². The third-order valence-corrected chi connectivity index (χ3v) is 5.38. The third kappa shape index (κ3) is 5.77. The van der Waals surface area contributed by atoms with Crippen LogP contribution in [-0.4, -0.2) is 27.2 Å². The Morgan fingerprint density at radius 3 is 2.42 bits per heavy atom. The Labute approximate surface area is 154 Å². The first-order valence-electron chi connectivity index (χ1n) is 8.37. The predicted octanol–water partition coefficient (Wildman–Crippen LogP) is 3.27. The number of methoxy groups -OCH3 is 1. The van der Waals surface area contributed by atoms with Gasteiger partial charge in [0.2, 0.25) is 15.9 Å². The summed E-state index contributed by atoms with van der Waals surface area (Å²) in [5.74, 6) is -0.816.